The van der Waals surface area contributed by atoms with Crippen LogP contribution >= 0.6 is 0 Å². The van der Waals surface area contributed by atoms with Gasteiger partial charge in [0.25, 0.3) is 0 Å². The molecule has 0 aliphatic carbocycles. The molecule has 3 heteroatoms. The second kappa shape index (κ2) is 2.52. The van der Waals surface area contributed by atoms with Crippen molar-refractivity contribution in [3.63, 3.8) is 0 Å². The van der Waals surface area contributed by atoms with E-state index in [4.69, 9.17) is 4.84 Å². The summed E-state index contributed by atoms with van der Waals surface area (Å²) in [5.74, 6) is -0.226. The number of hydrogen-bond donors (Lipinski definition) is 0. The Kier molecular flexibility index (Phi) is 1.50. The molecule has 2 nitrogen and oxygen atoms in total. The van der Waals surface area contributed by atoms with E-state index < -0.39 is 0 Å². The summed E-state index contributed by atoms with van der Waals surface area (Å²) in [6.07, 6.45) is 1.75. The van der Waals surface area contributed by atoms with E-state index in [-0.39, 0.29) is 5.82 Å². The van der Waals surface area contributed by atoms with E-state index in [0.29, 0.717) is 0 Å². The van der Waals surface area contributed by atoms with Crippen molar-refractivity contribution in [1.29, 1.82) is 0 Å². The van der Waals surface area contributed by atoms with Gasteiger partial charge in [0.1, 0.15) is 12.9 Å². The van der Waals surface area contributed by atoms with Crippen molar-refractivity contribution < 1.29 is 9.23 Å². The summed E-state index contributed by atoms with van der Waals surface area (Å²) in [6.45, 7) is 0. The van der Waals surface area contributed by atoms with Crippen LogP contribution in [0.15, 0.2) is 30.5 Å². The number of aromatic nitrogens is 1. The normalized spacial score (nSPS) is 10.5. The average molecular weight is 165 g/mol. The van der Waals surface area contributed by atoms with Gasteiger partial charge in [0.05, 0.1) is 5.52 Å². The van der Waals surface area contributed by atoms with Gasteiger partial charge in [-0.3, -0.25) is 0 Å². The second-order valence-electron chi connectivity index (χ2n) is 2.53. The molecule has 1 aromatic heterocycles. The molecule has 0 amide bonds. The van der Waals surface area contributed by atoms with Crippen LogP contribution in [-0.4, -0.2) is 11.8 Å². The molecule has 0 radical (unpaired) electrons. The number of nitrogens with zero attached hydrogens (tertiary/aromatic N) is 1. The summed E-state index contributed by atoms with van der Waals surface area (Å²) < 4.78 is 14.3. The maximum Gasteiger partial charge on any atom is 0.123 e. The van der Waals surface area contributed by atoms with Crippen molar-refractivity contribution in [2.24, 2.45) is 0 Å². The molecule has 62 valence electrons. The standard InChI is InChI=1S/C9H8FNO/c1-12-11-5-4-7-6-8(10)2-3-9(7)11/h2-6H,1H3. The molecule has 0 fully saturated rings. The molecule has 0 aliphatic rings. The molecule has 0 saturated carbocycles. The lowest BCUT2D eigenvalue weighted by Crippen LogP contribution is -2.02. The summed E-state index contributed by atoms with van der Waals surface area (Å²) in [4.78, 5) is 5.00. The lowest BCUT2D eigenvalue weighted by atomic mass is 10.2. The third-order valence-electron chi connectivity index (χ3n) is 1.81. The van der Waals surface area contributed by atoms with E-state index in [1.807, 2.05) is 6.07 Å². The SMILES string of the molecule is COn1ccc2cc(F)ccc21. The molecule has 2 rings (SSSR count). The smallest absolute Gasteiger partial charge is 0.123 e. The third kappa shape index (κ3) is 0.942. The first-order chi connectivity index (χ1) is 5.81. The zero-order valence-corrected chi connectivity index (χ0v) is 6.62. The zero-order chi connectivity index (χ0) is 8.55. The van der Waals surface area contributed by atoms with Gasteiger partial charge in [0.15, 0.2) is 0 Å². The van der Waals surface area contributed by atoms with Gasteiger partial charge in [-0.25, -0.2) is 4.39 Å². The zero-order valence-electron chi connectivity index (χ0n) is 6.62. The fourth-order valence-corrected chi connectivity index (χ4v) is 1.25. The van der Waals surface area contributed by atoms with Gasteiger partial charge < -0.3 is 4.84 Å². The first kappa shape index (κ1) is 7.16. The van der Waals surface area contributed by atoms with Crippen LogP contribution in [0.1, 0.15) is 0 Å². The van der Waals surface area contributed by atoms with Gasteiger partial charge in [0, 0.05) is 11.6 Å². The Labute approximate surface area is 69.1 Å². The first-order valence-corrected chi connectivity index (χ1v) is 3.62. The average Bonchev–Trinajstić information content (AvgIpc) is 2.46. The molecule has 0 atom stereocenters. The van der Waals surface area contributed by atoms with E-state index in [1.54, 1.807) is 24.1 Å². The van der Waals surface area contributed by atoms with Crippen LogP contribution in [0, 0.1) is 5.82 Å². The van der Waals surface area contributed by atoms with Gasteiger partial charge in [-0.15, -0.1) is 0 Å². The molecule has 0 bridgehead atoms. The lowest BCUT2D eigenvalue weighted by molar-refractivity contribution is 0.179. The van der Waals surface area contributed by atoms with Crippen molar-refractivity contribution >= 4 is 10.9 Å². The summed E-state index contributed by atoms with van der Waals surface area (Å²) in [5, 5.41) is 0.844. The predicted molar refractivity (Wildman–Crippen MR) is 44.4 cm³/mol. The highest BCUT2D eigenvalue weighted by Gasteiger charge is 2.00. The van der Waals surface area contributed by atoms with Crippen LogP contribution in [0.4, 0.5) is 4.39 Å². The van der Waals surface area contributed by atoms with Gasteiger partial charge >= 0.3 is 0 Å². The van der Waals surface area contributed by atoms with Crippen molar-refractivity contribution in [1.82, 2.24) is 4.73 Å². The van der Waals surface area contributed by atoms with Gasteiger partial charge in [-0.05, 0) is 24.3 Å². The molecule has 2 aromatic rings. The van der Waals surface area contributed by atoms with E-state index in [0.717, 1.165) is 10.9 Å². The largest absolute Gasteiger partial charge is 0.417 e. The number of rotatable bonds is 1. The maximum absolute atomic E-state index is 12.7. The minimum atomic E-state index is -0.226. The van der Waals surface area contributed by atoms with Gasteiger partial charge in [0.2, 0.25) is 0 Å². The number of halogens is 1. The van der Waals surface area contributed by atoms with Crippen molar-refractivity contribution in [3.05, 3.63) is 36.3 Å². The topological polar surface area (TPSA) is 14.2 Å². The van der Waals surface area contributed by atoms with E-state index in [2.05, 4.69) is 0 Å². The van der Waals surface area contributed by atoms with Gasteiger partial charge in [-0.2, -0.15) is 4.73 Å². The molecule has 1 aromatic carbocycles. The quantitative estimate of drug-likeness (QED) is 0.628. The van der Waals surface area contributed by atoms with E-state index in [1.165, 1.54) is 12.1 Å². The Balaban J connectivity index is 2.73. The first-order valence-electron chi connectivity index (χ1n) is 3.62. The molecule has 0 saturated heterocycles. The number of hydrogen-bond acceptors (Lipinski definition) is 1. The summed E-state index contributed by atoms with van der Waals surface area (Å²) >= 11 is 0. The Morgan fingerprint density at radius 3 is 2.92 bits per heavy atom. The van der Waals surface area contributed by atoms with Crippen LogP contribution in [0.2, 0.25) is 0 Å². The van der Waals surface area contributed by atoms with Crippen molar-refractivity contribution in [2.75, 3.05) is 7.11 Å². The summed E-state index contributed by atoms with van der Waals surface area (Å²) in [7, 11) is 1.57. The number of fused-ring (bicyclic) bond motifs is 1. The van der Waals surface area contributed by atoms with Crippen LogP contribution < -0.4 is 4.84 Å². The van der Waals surface area contributed by atoms with Crippen LogP contribution in [-0.2, 0) is 0 Å². The van der Waals surface area contributed by atoms with Crippen LogP contribution in [0.25, 0.3) is 10.9 Å². The molecule has 0 spiro atoms. The molecular weight excluding hydrogens is 157 g/mol. The Morgan fingerprint density at radius 2 is 2.17 bits per heavy atom. The van der Waals surface area contributed by atoms with Gasteiger partial charge in [-0.1, -0.05) is 0 Å². The highest BCUT2D eigenvalue weighted by atomic mass is 19.1. The molecule has 0 unspecified atom stereocenters. The molecular formula is C9H8FNO. The number of benzene rings is 1. The second-order valence-corrected chi connectivity index (χ2v) is 2.53. The molecule has 1 heterocycles. The molecule has 12 heavy (non-hydrogen) atoms. The summed E-state index contributed by atoms with van der Waals surface area (Å²) in [5.41, 5.74) is 0.874. The fraction of sp³-hybridized carbons (Fsp3) is 0.111. The minimum absolute atomic E-state index is 0.226. The maximum atomic E-state index is 12.7. The minimum Gasteiger partial charge on any atom is -0.417 e. The van der Waals surface area contributed by atoms with Crippen LogP contribution in [0.3, 0.4) is 0 Å². The summed E-state index contributed by atoms with van der Waals surface area (Å²) in [6, 6.07) is 6.39. The lowest BCUT2D eigenvalue weighted by Gasteiger charge is -2.00. The van der Waals surface area contributed by atoms with E-state index in [9.17, 15) is 4.39 Å². The van der Waals surface area contributed by atoms with Crippen molar-refractivity contribution in [2.45, 2.75) is 0 Å². The Hall–Kier alpha value is -1.51. The molecule has 0 N–H and O–H groups in total. The highest BCUT2D eigenvalue weighted by Crippen LogP contribution is 2.15. The van der Waals surface area contributed by atoms with Crippen molar-refractivity contribution in [3.8, 4) is 0 Å². The monoisotopic (exact) mass is 165 g/mol. The third-order valence-corrected chi connectivity index (χ3v) is 1.81. The highest BCUT2D eigenvalue weighted by molar-refractivity contribution is 5.79. The molecule has 0 aliphatic heterocycles. The Bertz CT molecular complexity index is 408. The van der Waals surface area contributed by atoms with Crippen LogP contribution in [0.5, 0.6) is 0 Å². The predicted octanol–water partition coefficient (Wildman–Crippen LogP) is 1.84. The Morgan fingerprint density at radius 1 is 1.33 bits per heavy atom. The fourth-order valence-electron chi connectivity index (χ4n) is 1.25. The van der Waals surface area contributed by atoms with E-state index >= 15 is 0 Å².